The van der Waals surface area contributed by atoms with E-state index in [9.17, 15) is 18.8 Å². The van der Waals surface area contributed by atoms with Crippen LogP contribution < -0.4 is 16.6 Å². The average molecular weight is 560 g/mol. The summed E-state index contributed by atoms with van der Waals surface area (Å²) in [5.74, 6) is -1.03. The van der Waals surface area contributed by atoms with Gasteiger partial charge in [-0.25, -0.2) is 9.37 Å². The fourth-order valence-corrected chi connectivity index (χ4v) is 5.87. The fourth-order valence-electron chi connectivity index (χ4n) is 4.92. The summed E-state index contributed by atoms with van der Waals surface area (Å²) in [6.07, 6.45) is 3.19. The van der Waals surface area contributed by atoms with Crippen molar-refractivity contribution in [1.29, 1.82) is 0 Å². The van der Waals surface area contributed by atoms with Crippen LogP contribution in [-0.2, 0) is 24.3 Å². The largest absolute Gasteiger partial charge is 0.402 e. The fraction of sp³-hybridized carbons (Fsp3) is 0.267. The maximum absolute atomic E-state index is 14.6. The van der Waals surface area contributed by atoms with Crippen LogP contribution in [0.15, 0.2) is 59.2 Å². The van der Waals surface area contributed by atoms with E-state index in [2.05, 4.69) is 29.0 Å². The Kier molecular flexibility index (Phi) is 7.64. The van der Waals surface area contributed by atoms with Crippen LogP contribution in [0, 0.1) is 5.82 Å². The van der Waals surface area contributed by atoms with Crippen molar-refractivity contribution in [2.45, 2.75) is 46.3 Å². The first kappa shape index (κ1) is 27.4. The van der Waals surface area contributed by atoms with Crippen LogP contribution in [0.1, 0.15) is 52.8 Å². The molecular weight excluding hydrogens is 529 g/mol. The number of allylic oxidation sites excluding steroid dienone is 2. The number of amides is 1. The number of nitrogens with zero attached hydrogens (tertiary/aromatic N) is 3. The van der Waals surface area contributed by atoms with Gasteiger partial charge in [-0.3, -0.25) is 24.6 Å². The van der Waals surface area contributed by atoms with Gasteiger partial charge in [0.25, 0.3) is 11.5 Å². The molecule has 0 spiro atoms. The number of fused-ring (bicyclic) bond motifs is 2. The number of aldehydes is 1. The van der Waals surface area contributed by atoms with Crippen molar-refractivity contribution < 1.29 is 14.0 Å². The Balaban J connectivity index is 1.36. The molecule has 1 aliphatic rings. The Bertz CT molecular complexity index is 1720. The zero-order valence-electron chi connectivity index (χ0n) is 22.5. The van der Waals surface area contributed by atoms with Crippen LogP contribution >= 0.6 is 11.3 Å². The van der Waals surface area contributed by atoms with Crippen LogP contribution in [0.25, 0.3) is 16.3 Å². The van der Waals surface area contributed by atoms with E-state index >= 15 is 0 Å². The topological polar surface area (TPSA) is 110 Å². The molecule has 40 heavy (non-hydrogen) atoms. The number of hydrogen-bond donors (Lipinski definition) is 2. The molecular formula is C30H30FN5O3S. The highest BCUT2D eigenvalue weighted by Gasteiger charge is 2.23. The van der Waals surface area contributed by atoms with E-state index in [0.29, 0.717) is 50.6 Å². The molecule has 2 aromatic carbocycles. The molecule has 2 aromatic heterocycles. The summed E-state index contributed by atoms with van der Waals surface area (Å²) in [5.41, 5.74) is 8.51. The minimum absolute atomic E-state index is 0.0759. The first-order valence-electron chi connectivity index (χ1n) is 13.0. The summed E-state index contributed by atoms with van der Waals surface area (Å²) in [4.78, 5) is 45.8. The van der Waals surface area contributed by atoms with Crippen molar-refractivity contribution in [3.63, 3.8) is 0 Å². The summed E-state index contributed by atoms with van der Waals surface area (Å²) in [6.45, 7) is 7.71. The van der Waals surface area contributed by atoms with E-state index in [1.807, 2.05) is 0 Å². The van der Waals surface area contributed by atoms with E-state index in [0.717, 1.165) is 30.1 Å². The van der Waals surface area contributed by atoms with E-state index in [1.54, 1.807) is 43.5 Å². The van der Waals surface area contributed by atoms with Gasteiger partial charge in [0.1, 0.15) is 5.82 Å². The van der Waals surface area contributed by atoms with Crippen molar-refractivity contribution in [1.82, 2.24) is 14.5 Å². The maximum atomic E-state index is 14.6. The Morgan fingerprint density at radius 1 is 1.20 bits per heavy atom. The molecule has 0 radical (unpaired) electrons. The number of nitrogens with two attached hydrogens (primary N) is 1. The van der Waals surface area contributed by atoms with Gasteiger partial charge in [0, 0.05) is 52.4 Å². The molecule has 0 saturated carbocycles. The summed E-state index contributed by atoms with van der Waals surface area (Å²) >= 11 is 1.45. The number of thiazole rings is 1. The molecule has 0 aliphatic carbocycles. The lowest BCUT2D eigenvalue weighted by atomic mass is 10.0. The quantitative estimate of drug-likeness (QED) is 0.254. The van der Waals surface area contributed by atoms with Crippen LogP contribution in [-0.4, -0.2) is 39.2 Å². The number of anilines is 1. The van der Waals surface area contributed by atoms with Crippen LogP contribution in [0.2, 0.25) is 0 Å². The molecule has 4 aromatic rings. The molecule has 10 heteroatoms. The SMILES string of the molecule is C/C(N)=C(/C=O)c1ccc2c(=O)n(Cc3cc(F)cc(C(=O)Nc4nc5c(s4)CCN(C(C)C)C5)c3)ccc2c1. The number of aromatic nitrogens is 2. The van der Waals surface area contributed by atoms with E-state index in [-0.39, 0.29) is 17.7 Å². The van der Waals surface area contributed by atoms with Crippen LogP contribution in [0.3, 0.4) is 0 Å². The standard InChI is InChI=1S/C30H30FN5O3S/c1-17(2)35-9-7-27-26(15-35)33-30(40-27)34-28(38)22-10-19(11-23(31)13-22)14-36-8-6-21-12-20(25(16-37)18(3)32)4-5-24(21)29(36)39/h4-6,8,10-13,16-17H,7,9,14-15,32H2,1-3H3,(H,33,34,38)/b25-18+. The highest BCUT2D eigenvalue weighted by atomic mass is 32.1. The minimum atomic E-state index is -0.572. The molecule has 0 atom stereocenters. The lowest BCUT2D eigenvalue weighted by Crippen LogP contribution is -2.35. The number of carbonyl (C=O) groups is 2. The smallest absolute Gasteiger partial charge is 0.258 e. The zero-order valence-corrected chi connectivity index (χ0v) is 23.3. The highest BCUT2D eigenvalue weighted by Crippen LogP contribution is 2.29. The Hall–Kier alpha value is -4.15. The van der Waals surface area contributed by atoms with Gasteiger partial charge in [-0.15, -0.1) is 11.3 Å². The molecule has 5 rings (SSSR count). The molecule has 1 aliphatic heterocycles. The van der Waals surface area contributed by atoms with Gasteiger partial charge in [0.15, 0.2) is 11.4 Å². The third kappa shape index (κ3) is 5.59. The second-order valence-corrected chi connectivity index (χ2v) is 11.4. The highest BCUT2D eigenvalue weighted by molar-refractivity contribution is 7.15. The maximum Gasteiger partial charge on any atom is 0.258 e. The van der Waals surface area contributed by atoms with Gasteiger partial charge >= 0.3 is 0 Å². The second kappa shape index (κ2) is 11.1. The Morgan fingerprint density at radius 2 is 2.00 bits per heavy atom. The summed E-state index contributed by atoms with van der Waals surface area (Å²) < 4.78 is 16.0. The molecule has 206 valence electrons. The molecule has 3 heterocycles. The van der Waals surface area contributed by atoms with Crippen molar-refractivity contribution in [2.24, 2.45) is 5.73 Å². The molecule has 0 unspecified atom stereocenters. The summed E-state index contributed by atoms with van der Waals surface area (Å²) in [5, 5.41) is 4.41. The lowest BCUT2D eigenvalue weighted by molar-refractivity contribution is -0.103. The van der Waals surface area contributed by atoms with Gasteiger partial charge < -0.3 is 10.3 Å². The molecule has 0 bridgehead atoms. The van der Waals surface area contributed by atoms with Crippen LogP contribution in [0.4, 0.5) is 9.52 Å². The first-order chi connectivity index (χ1) is 19.1. The van der Waals surface area contributed by atoms with Crippen molar-refractivity contribution in [3.8, 4) is 0 Å². The van der Waals surface area contributed by atoms with Crippen molar-refractivity contribution >= 4 is 45.0 Å². The van der Waals surface area contributed by atoms with E-state index < -0.39 is 11.7 Å². The molecule has 3 N–H and O–H groups in total. The minimum Gasteiger partial charge on any atom is -0.402 e. The number of halogens is 1. The van der Waals surface area contributed by atoms with Crippen molar-refractivity contribution in [2.75, 3.05) is 11.9 Å². The van der Waals surface area contributed by atoms with Gasteiger partial charge in [-0.1, -0.05) is 6.07 Å². The first-order valence-corrected chi connectivity index (χ1v) is 13.8. The Morgan fingerprint density at radius 3 is 2.73 bits per heavy atom. The van der Waals surface area contributed by atoms with Gasteiger partial charge in [-0.2, -0.15) is 0 Å². The number of hydrogen-bond acceptors (Lipinski definition) is 7. The van der Waals surface area contributed by atoms with Gasteiger partial charge in [-0.05, 0) is 80.1 Å². The normalized spacial score (nSPS) is 14.2. The third-order valence-corrected chi connectivity index (χ3v) is 8.18. The zero-order chi connectivity index (χ0) is 28.6. The number of pyridine rings is 1. The number of carbonyl (C=O) groups excluding carboxylic acids is 2. The van der Waals surface area contributed by atoms with E-state index in [1.165, 1.54) is 28.0 Å². The predicted molar refractivity (Wildman–Crippen MR) is 156 cm³/mol. The number of benzene rings is 2. The molecule has 8 nitrogen and oxygen atoms in total. The predicted octanol–water partition coefficient (Wildman–Crippen LogP) is 4.55. The monoisotopic (exact) mass is 559 g/mol. The lowest BCUT2D eigenvalue weighted by Gasteiger charge is -2.29. The average Bonchev–Trinajstić information content (AvgIpc) is 3.31. The van der Waals surface area contributed by atoms with Crippen LogP contribution in [0.5, 0.6) is 0 Å². The van der Waals surface area contributed by atoms with Crippen molar-refractivity contribution in [3.05, 3.63) is 97.8 Å². The van der Waals surface area contributed by atoms with Gasteiger partial charge in [0.05, 0.1) is 12.2 Å². The number of rotatable bonds is 7. The molecule has 0 saturated heterocycles. The Labute approximate surface area is 235 Å². The molecule has 1 amide bonds. The summed E-state index contributed by atoms with van der Waals surface area (Å²) in [6, 6.07) is 11.3. The number of nitrogens with one attached hydrogen (secondary N) is 1. The van der Waals surface area contributed by atoms with E-state index in [4.69, 9.17) is 5.73 Å². The molecule has 0 fully saturated rings. The third-order valence-electron chi connectivity index (χ3n) is 7.11. The van der Waals surface area contributed by atoms with Gasteiger partial charge in [0.2, 0.25) is 0 Å². The second-order valence-electron chi connectivity index (χ2n) is 10.3. The summed E-state index contributed by atoms with van der Waals surface area (Å²) in [7, 11) is 0.